The van der Waals surface area contributed by atoms with E-state index in [0.29, 0.717) is 18.2 Å². The summed E-state index contributed by atoms with van der Waals surface area (Å²) < 4.78 is 1.85. The number of rotatable bonds is 6. The van der Waals surface area contributed by atoms with Crippen molar-refractivity contribution >= 4 is 29.7 Å². The molecule has 5 nitrogen and oxygen atoms in total. The van der Waals surface area contributed by atoms with Crippen LogP contribution in [0.1, 0.15) is 23.3 Å². The van der Waals surface area contributed by atoms with Crippen LogP contribution in [0, 0.1) is 5.92 Å². The Kier molecular flexibility index (Phi) is 6.66. The van der Waals surface area contributed by atoms with Gasteiger partial charge in [-0.2, -0.15) is 5.10 Å². The summed E-state index contributed by atoms with van der Waals surface area (Å²) in [6.45, 7) is 2.84. The molecule has 3 heterocycles. The molecule has 3 aromatic rings. The first kappa shape index (κ1) is 19.6. The van der Waals surface area contributed by atoms with E-state index in [1.54, 1.807) is 11.3 Å². The number of thiophene rings is 1. The van der Waals surface area contributed by atoms with E-state index in [-0.39, 0.29) is 18.3 Å². The van der Waals surface area contributed by atoms with E-state index >= 15 is 0 Å². The van der Waals surface area contributed by atoms with Crippen LogP contribution < -0.4 is 10.6 Å². The van der Waals surface area contributed by atoms with Crippen LogP contribution in [0.3, 0.4) is 0 Å². The van der Waals surface area contributed by atoms with Gasteiger partial charge in [-0.15, -0.1) is 23.7 Å². The Labute approximate surface area is 169 Å². The van der Waals surface area contributed by atoms with Gasteiger partial charge in [0.2, 0.25) is 0 Å². The first-order chi connectivity index (χ1) is 12.8. The van der Waals surface area contributed by atoms with Crippen LogP contribution in [0.15, 0.2) is 53.9 Å². The summed E-state index contributed by atoms with van der Waals surface area (Å²) in [5.74, 6) is 0.558. The van der Waals surface area contributed by atoms with Crippen molar-refractivity contribution in [1.82, 2.24) is 20.4 Å². The monoisotopic (exact) mass is 402 g/mol. The van der Waals surface area contributed by atoms with Gasteiger partial charge in [0.25, 0.3) is 5.91 Å². The highest BCUT2D eigenvalue weighted by molar-refractivity contribution is 7.13. The number of nitrogens with one attached hydrogen (secondary N) is 2. The van der Waals surface area contributed by atoms with E-state index in [4.69, 9.17) is 0 Å². The Hall–Kier alpha value is -2.15. The van der Waals surface area contributed by atoms with E-state index in [2.05, 4.69) is 21.8 Å². The second-order valence-corrected chi connectivity index (χ2v) is 7.49. The van der Waals surface area contributed by atoms with Crippen molar-refractivity contribution in [3.63, 3.8) is 0 Å². The number of nitrogens with zero attached hydrogens (tertiary/aromatic N) is 2. The summed E-state index contributed by atoms with van der Waals surface area (Å²) >= 11 is 1.65. The van der Waals surface area contributed by atoms with Crippen molar-refractivity contribution in [2.75, 3.05) is 19.6 Å². The highest BCUT2D eigenvalue weighted by atomic mass is 35.5. The lowest BCUT2D eigenvalue weighted by molar-refractivity contribution is 0.0946. The van der Waals surface area contributed by atoms with Crippen molar-refractivity contribution in [2.24, 2.45) is 5.92 Å². The van der Waals surface area contributed by atoms with Crippen LogP contribution >= 0.6 is 23.7 Å². The van der Waals surface area contributed by atoms with Gasteiger partial charge < -0.3 is 10.6 Å². The second kappa shape index (κ2) is 9.17. The molecule has 1 aromatic carbocycles. The van der Waals surface area contributed by atoms with Gasteiger partial charge in [0.05, 0.1) is 16.3 Å². The Morgan fingerprint density at radius 3 is 2.81 bits per heavy atom. The van der Waals surface area contributed by atoms with Gasteiger partial charge in [0.15, 0.2) is 5.69 Å². The Morgan fingerprint density at radius 1 is 1.26 bits per heavy atom. The van der Waals surface area contributed by atoms with E-state index < -0.39 is 0 Å². The number of amides is 1. The molecule has 0 aliphatic carbocycles. The van der Waals surface area contributed by atoms with Crippen LogP contribution in [0.25, 0.3) is 16.3 Å². The van der Waals surface area contributed by atoms with Crippen molar-refractivity contribution in [2.45, 2.75) is 12.8 Å². The highest BCUT2D eigenvalue weighted by Gasteiger charge is 2.18. The molecule has 1 aliphatic heterocycles. The molecule has 4 rings (SSSR count). The predicted molar refractivity (Wildman–Crippen MR) is 112 cm³/mol. The first-order valence-electron chi connectivity index (χ1n) is 8.99. The number of hydrogen-bond donors (Lipinski definition) is 2. The number of benzene rings is 1. The number of para-hydroxylation sites is 1. The molecule has 0 bridgehead atoms. The van der Waals surface area contributed by atoms with Crippen LogP contribution in [-0.2, 0) is 0 Å². The summed E-state index contributed by atoms with van der Waals surface area (Å²) in [5.41, 5.74) is 2.35. The molecule has 1 unspecified atom stereocenters. The Morgan fingerprint density at radius 2 is 2.11 bits per heavy atom. The van der Waals surface area contributed by atoms with Gasteiger partial charge in [0, 0.05) is 6.54 Å². The summed E-state index contributed by atoms with van der Waals surface area (Å²) in [4.78, 5) is 13.7. The van der Waals surface area contributed by atoms with E-state index in [1.165, 1.54) is 6.42 Å². The molecule has 2 N–H and O–H groups in total. The third-order valence-corrected chi connectivity index (χ3v) is 5.61. The predicted octanol–water partition coefficient (Wildman–Crippen LogP) is 3.75. The number of hydrogen-bond acceptors (Lipinski definition) is 4. The lowest BCUT2D eigenvalue weighted by atomic mass is 10.1. The summed E-state index contributed by atoms with van der Waals surface area (Å²) in [7, 11) is 0. The number of aromatic nitrogens is 2. The van der Waals surface area contributed by atoms with Gasteiger partial charge in [-0.05, 0) is 61.5 Å². The number of halogens is 1. The normalized spacial score (nSPS) is 16.1. The minimum atomic E-state index is -0.108. The lowest BCUT2D eigenvalue weighted by Gasteiger charge is -2.08. The lowest BCUT2D eigenvalue weighted by Crippen LogP contribution is -2.26. The topological polar surface area (TPSA) is 59.0 Å². The van der Waals surface area contributed by atoms with Gasteiger partial charge in [0.1, 0.15) is 0 Å². The Balaban J connectivity index is 0.00000210. The average Bonchev–Trinajstić information content (AvgIpc) is 3.42. The third kappa shape index (κ3) is 4.58. The molecule has 1 saturated heterocycles. The smallest absolute Gasteiger partial charge is 0.271 e. The van der Waals surface area contributed by atoms with E-state index in [9.17, 15) is 4.79 Å². The fourth-order valence-electron chi connectivity index (χ4n) is 3.30. The van der Waals surface area contributed by atoms with Gasteiger partial charge in [-0.25, -0.2) is 4.68 Å². The fraction of sp³-hybridized carbons (Fsp3) is 0.300. The molecule has 1 amide bonds. The molecule has 7 heteroatoms. The van der Waals surface area contributed by atoms with Crippen molar-refractivity contribution in [3.8, 4) is 16.3 Å². The maximum absolute atomic E-state index is 12.6. The average molecular weight is 403 g/mol. The van der Waals surface area contributed by atoms with Crippen LogP contribution in [0.5, 0.6) is 0 Å². The molecule has 1 aliphatic rings. The standard InChI is InChI=1S/C20H22N4OS.ClH/c25-20(22-11-9-15-8-10-21-14-15)17-13-18(19-7-4-12-26-19)24(23-17)16-5-2-1-3-6-16;/h1-7,12-13,15,21H,8-11,14H2,(H,22,25);1H. The van der Waals surface area contributed by atoms with Crippen molar-refractivity contribution in [3.05, 3.63) is 59.6 Å². The molecule has 0 spiro atoms. The van der Waals surface area contributed by atoms with E-state index in [1.807, 2.05) is 52.5 Å². The highest BCUT2D eigenvalue weighted by Crippen LogP contribution is 2.28. The Bertz CT molecular complexity index is 858. The molecule has 27 heavy (non-hydrogen) atoms. The SMILES string of the molecule is Cl.O=C(NCCC1CCNC1)c1cc(-c2cccs2)n(-c2ccccc2)n1. The molecule has 2 aromatic heterocycles. The van der Waals surface area contributed by atoms with E-state index in [0.717, 1.165) is 35.8 Å². The van der Waals surface area contributed by atoms with Gasteiger partial charge in [-0.1, -0.05) is 24.3 Å². The quantitative estimate of drug-likeness (QED) is 0.660. The number of carbonyl (C=O) groups is 1. The minimum Gasteiger partial charge on any atom is -0.351 e. The first-order valence-corrected chi connectivity index (χ1v) is 9.87. The molecular weight excluding hydrogens is 380 g/mol. The van der Waals surface area contributed by atoms with Crippen molar-refractivity contribution in [1.29, 1.82) is 0 Å². The molecular formula is C20H23ClN4OS. The molecule has 142 valence electrons. The second-order valence-electron chi connectivity index (χ2n) is 6.54. The van der Waals surface area contributed by atoms with Gasteiger partial charge in [-0.3, -0.25) is 4.79 Å². The van der Waals surface area contributed by atoms with Crippen LogP contribution in [0.2, 0.25) is 0 Å². The maximum Gasteiger partial charge on any atom is 0.271 e. The zero-order valence-electron chi connectivity index (χ0n) is 14.9. The van der Waals surface area contributed by atoms with Gasteiger partial charge >= 0.3 is 0 Å². The van der Waals surface area contributed by atoms with Crippen LogP contribution in [-0.4, -0.2) is 35.3 Å². The largest absolute Gasteiger partial charge is 0.351 e. The zero-order chi connectivity index (χ0) is 17.8. The van der Waals surface area contributed by atoms with Crippen LogP contribution in [0.4, 0.5) is 0 Å². The molecule has 0 radical (unpaired) electrons. The summed E-state index contributed by atoms with van der Waals surface area (Å²) in [6.07, 6.45) is 2.21. The summed E-state index contributed by atoms with van der Waals surface area (Å²) in [5, 5.41) is 13.0. The van der Waals surface area contributed by atoms with Crippen molar-refractivity contribution < 1.29 is 4.79 Å². The zero-order valence-corrected chi connectivity index (χ0v) is 16.6. The fourth-order valence-corrected chi connectivity index (χ4v) is 4.03. The minimum absolute atomic E-state index is 0. The molecule has 1 fully saturated rings. The summed E-state index contributed by atoms with van der Waals surface area (Å²) in [6, 6.07) is 15.9. The molecule has 0 saturated carbocycles. The molecule has 1 atom stereocenters. The third-order valence-electron chi connectivity index (χ3n) is 4.72. The number of carbonyl (C=O) groups excluding carboxylic acids is 1. The maximum atomic E-state index is 12.6.